The Kier molecular flexibility index (Phi) is 7.00. The lowest BCUT2D eigenvalue weighted by molar-refractivity contribution is 0.714. The molecule has 10 heteroatoms. The van der Waals surface area contributed by atoms with Gasteiger partial charge in [0, 0.05) is 12.3 Å². The number of alkyl halides is 7. The Balaban J connectivity index is 3.10. The summed E-state index contributed by atoms with van der Waals surface area (Å²) in [6.45, 7) is 0. The molecule has 1 heterocycles. The van der Waals surface area contributed by atoms with Gasteiger partial charge in [-0.2, -0.15) is 0 Å². The summed E-state index contributed by atoms with van der Waals surface area (Å²) in [6, 6.07) is 0. The van der Waals surface area contributed by atoms with Crippen LogP contribution >= 0.6 is 81.2 Å². The molecule has 0 radical (unpaired) electrons. The fraction of sp³-hybridized carbons (Fsp3) is 0.667. The van der Waals surface area contributed by atoms with Gasteiger partial charge in [0.05, 0.1) is 0 Å². The standard InChI is InChI=1S/C9H8Cl7N3/c10-4-2-1-3-5-17-6(8(11,12)13)19-7(18-5)9(14,15)16/h1-4H2. The van der Waals surface area contributed by atoms with Crippen LogP contribution in [0.4, 0.5) is 0 Å². The molecule has 0 aliphatic heterocycles. The van der Waals surface area contributed by atoms with Crippen molar-refractivity contribution in [3.05, 3.63) is 17.5 Å². The van der Waals surface area contributed by atoms with Crippen LogP contribution in [0.2, 0.25) is 0 Å². The monoisotopic (exact) mass is 403 g/mol. The largest absolute Gasteiger partial charge is 0.250 e. The lowest BCUT2D eigenvalue weighted by Gasteiger charge is -2.15. The van der Waals surface area contributed by atoms with Gasteiger partial charge in [-0.1, -0.05) is 69.6 Å². The van der Waals surface area contributed by atoms with E-state index in [0.717, 1.165) is 12.8 Å². The smallest absolute Gasteiger partial charge is 0.213 e. The first-order valence-corrected chi connectivity index (χ1v) is 7.90. The number of rotatable bonds is 4. The minimum Gasteiger partial charge on any atom is -0.213 e. The fourth-order valence-electron chi connectivity index (χ4n) is 1.16. The third kappa shape index (κ3) is 6.13. The van der Waals surface area contributed by atoms with Crippen LogP contribution in [0.1, 0.15) is 30.3 Å². The highest BCUT2D eigenvalue weighted by Gasteiger charge is 2.33. The van der Waals surface area contributed by atoms with Crippen LogP contribution < -0.4 is 0 Å². The Morgan fingerprint density at radius 2 is 1.21 bits per heavy atom. The van der Waals surface area contributed by atoms with E-state index < -0.39 is 7.59 Å². The van der Waals surface area contributed by atoms with Crippen molar-refractivity contribution in [1.82, 2.24) is 15.0 Å². The number of aryl methyl sites for hydroxylation is 1. The van der Waals surface area contributed by atoms with Gasteiger partial charge in [-0.15, -0.1) is 11.6 Å². The van der Waals surface area contributed by atoms with Crippen molar-refractivity contribution < 1.29 is 0 Å². The van der Waals surface area contributed by atoms with Crippen LogP contribution in [0, 0.1) is 0 Å². The summed E-state index contributed by atoms with van der Waals surface area (Å²) in [5, 5.41) is 0. The Bertz CT molecular complexity index is 395. The molecule has 0 unspecified atom stereocenters. The maximum absolute atomic E-state index is 5.74. The number of hydrogen-bond acceptors (Lipinski definition) is 3. The summed E-state index contributed by atoms with van der Waals surface area (Å²) in [5.41, 5.74) is 0. The lowest BCUT2D eigenvalue weighted by Crippen LogP contribution is -2.18. The summed E-state index contributed by atoms with van der Waals surface area (Å²) in [6.07, 6.45) is 2.10. The van der Waals surface area contributed by atoms with Crippen molar-refractivity contribution in [2.24, 2.45) is 0 Å². The van der Waals surface area contributed by atoms with Gasteiger partial charge in [0.2, 0.25) is 7.59 Å². The first-order chi connectivity index (χ1) is 8.64. The van der Waals surface area contributed by atoms with E-state index >= 15 is 0 Å². The summed E-state index contributed by atoms with van der Waals surface area (Å²) in [7, 11) is 0. The number of unbranched alkanes of at least 4 members (excludes halogenated alkanes) is 1. The summed E-state index contributed by atoms with van der Waals surface area (Å²) < 4.78 is -3.62. The van der Waals surface area contributed by atoms with Crippen molar-refractivity contribution in [1.29, 1.82) is 0 Å². The van der Waals surface area contributed by atoms with E-state index in [1.807, 2.05) is 0 Å². The molecule has 3 nitrogen and oxygen atoms in total. The van der Waals surface area contributed by atoms with E-state index in [0.29, 0.717) is 18.1 Å². The van der Waals surface area contributed by atoms with Gasteiger partial charge >= 0.3 is 0 Å². The minimum atomic E-state index is -1.81. The second kappa shape index (κ2) is 7.35. The molecule has 108 valence electrons. The number of halogens is 7. The molecular formula is C9H8Cl7N3. The van der Waals surface area contributed by atoms with Crippen molar-refractivity contribution in [3.8, 4) is 0 Å². The van der Waals surface area contributed by atoms with Crippen LogP contribution in [-0.2, 0) is 14.0 Å². The quantitative estimate of drug-likeness (QED) is 0.517. The molecular weight excluding hydrogens is 398 g/mol. The Labute approximate surface area is 145 Å². The topological polar surface area (TPSA) is 38.7 Å². The molecule has 0 aliphatic carbocycles. The van der Waals surface area contributed by atoms with E-state index in [-0.39, 0.29) is 11.6 Å². The summed E-state index contributed by atoms with van der Waals surface area (Å²) >= 11 is 40.0. The van der Waals surface area contributed by atoms with Gasteiger partial charge in [0.15, 0.2) is 11.6 Å². The molecule has 19 heavy (non-hydrogen) atoms. The highest BCUT2D eigenvalue weighted by atomic mass is 35.6. The second-order valence-corrected chi connectivity index (χ2v) is 8.48. The maximum Gasteiger partial charge on any atom is 0.250 e. The summed E-state index contributed by atoms with van der Waals surface area (Å²) in [4.78, 5) is 12.0. The van der Waals surface area contributed by atoms with Gasteiger partial charge in [-0.25, -0.2) is 15.0 Å². The van der Waals surface area contributed by atoms with Crippen LogP contribution in [0.5, 0.6) is 0 Å². The SMILES string of the molecule is ClCCCCc1nc(C(Cl)(Cl)Cl)nc(C(Cl)(Cl)Cl)n1. The van der Waals surface area contributed by atoms with E-state index in [1.165, 1.54) is 0 Å². The zero-order valence-corrected chi connectivity index (χ0v) is 14.6. The Hall–Kier alpha value is 1.04. The van der Waals surface area contributed by atoms with Crippen molar-refractivity contribution in [2.75, 3.05) is 5.88 Å². The molecule has 1 aromatic rings. The molecule has 0 amide bonds. The highest BCUT2D eigenvalue weighted by Crippen LogP contribution is 2.39. The first-order valence-electron chi connectivity index (χ1n) is 5.10. The van der Waals surface area contributed by atoms with Gasteiger partial charge < -0.3 is 0 Å². The Morgan fingerprint density at radius 1 is 0.737 bits per heavy atom. The molecule has 0 aliphatic rings. The predicted octanol–water partition coefficient (Wildman–Crippen LogP) is 5.09. The molecule has 1 rings (SSSR count). The maximum atomic E-state index is 5.74. The van der Waals surface area contributed by atoms with Crippen LogP contribution in [-0.4, -0.2) is 20.8 Å². The van der Waals surface area contributed by atoms with E-state index in [2.05, 4.69) is 15.0 Å². The highest BCUT2D eigenvalue weighted by molar-refractivity contribution is 6.67. The van der Waals surface area contributed by atoms with Crippen molar-refractivity contribution in [3.63, 3.8) is 0 Å². The van der Waals surface area contributed by atoms with Gasteiger partial charge in [0.1, 0.15) is 5.82 Å². The zero-order valence-electron chi connectivity index (χ0n) is 9.32. The number of hydrogen-bond donors (Lipinski definition) is 0. The van der Waals surface area contributed by atoms with E-state index in [1.54, 1.807) is 0 Å². The van der Waals surface area contributed by atoms with Crippen molar-refractivity contribution in [2.45, 2.75) is 26.8 Å². The molecule has 0 spiro atoms. The molecule has 0 N–H and O–H groups in total. The van der Waals surface area contributed by atoms with Gasteiger partial charge in [-0.05, 0) is 12.8 Å². The zero-order chi connectivity index (χ0) is 14.7. The van der Waals surface area contributed by atoms with Crippen LogP contribution in [0.3, 0.4) is 0 Å². The predicted molar refractivity (Wildman–Crippen MR) is 82.0 cm³/mol. The molecule has 0 aromatic carbocycles. The molecule has 0 bridgehead atoms. The Morgan fingerprint density at radius 3 is 1.58 bits per heavy atom. The van der Waals surface area contributed by atoms with Gasteiger partial charge in [0.25, 0.3) is 0 Å². The van der Waals surface area contributed by atoms with E-state index in [9.17, 15) is 0 Å². The third-order valence-corrected chi connectivity index (χ3v) is 3.25. The average Bonchev–Trinajstić information content (AvgIpc) is 2.27. The average molecular weight is 406 g/mol. The fourth-order valence-corrected chi connectivity index (χ4v) is 1.86. The molecule has 0 saturated carbocycles. The molecule has 0 atom stereocenters. The van der Waals surface area contributed by atoms with Crippen molar-refractivity contribution >= 4 is 81.2 Å². The van der Waals surface area contributed by atoms with Crippen LogP contribution in [0.25, 0.3) is 0 Å². The third-order valence-electron chi connectivity index (χ3n) is 1.97. The lowest BCUT2D eigenvalue weighted by atomic mass is 10.2. The number of nitrogens with zero attached hydrogens (tertiary/aromatic N) is 3. The summed E-state index contributed by atoms with van der Waals surface area (Å²) in [5.74, 6) is 0.784. The molecule has 1 aromatic heterocycles. The molecule has 0 fully saturated rings. The number of aromatic nitrogens is 3. The van der Waals surface area contributed by atoms with Gasteiger partial charge in [-0.3, -0.25) is 0 Å². The molecule has 0 saturated heterocycles. The first kappa shape index (κ1) is 18.1. The second-order valence-electron chi connectivity index (χ2n) is 3.54. The van der Waals surface area contributed by atoms with E-state index in [4.69, 9.17) is 81.2 Å². The van der Waals surface area contributed by atoms with Crippen LogP contribution in [0.15, 0.2) is 0 Å². The minimum absolute atomic E-state index is 0.0744. The normalized spacial score (nSPS) is 12.8.